The molecular formula is C12H13NO4S. The summed E-state index contributed by atoms with van der Waals surface area (Å²) in [6.07, 6.45) is 1.43. The zero-order chi connectivity index (χ0) is 13.3. The number of phenolic OH excluding ortho intramolecular Hbond substituents is 1. The normalized spacial score (nSPS) is 20.8. The first-order valence-corrected chi connectivity index (χ1v) is 7.10. The van der Waals surface area contributed by atoms with E-state index in [1.165, 1.54) is 18.2 Å². The molecule has 1 atom stereocenters. The quantitative estimate of drug-likeness (QED) is 0.828. The van der Waals surface area contributed by atoms with Crippen LogP contribution in [-0.2, 0) is 9.84 Å². The van der Waals surface area contributed by atoms with Crippen molar-refractivity contribution in [3.63, 3.8) is 0 Å². The molecule has 5 nitrogen and oxygen atoms in total. The maximum Gasteiger partial charge on any atom is 0.255 e. The third kappa shape index (κ3) is 2.70. The van der Waals surface area contributed by atoms with Crippen LogP contribution < -0.4 is 5.32 Å². The van der Waals surface area contributed by atoms with Crippen molar-refractivity contribution in [3.8, 4) is 5.75 Å². The SMILES string of the molecule is Cc1ccc(C(=O)NC2C=CS(=O)(=O)C2)c(O)c1. The van der Waals surface area contributed by atoms with Gasteiger partial charge in [0.05, 0.1) is 17.4 Å². The predicted octanol–water partition coefficient (Wildman–Crippen LogP) is 0.741. The molecule has 6 heteroatoms. The van der Waals surface area contributed by atoms with E-state index in [4.69, 9.17) is 0 Å². The minimum atomic E-state index is -3.20. The van der Waals surface area contributed by atoms with E-state index in [1.807, 2.05) is 0 Å². The first-order chi connectivity index (χ1) is 8.37. The Hall–Kier alpha value is -1.82. The Kier molecular flexibility index (Phi) is 3.13. The predicted molar refractivity (Wildman–Crippen MR) is 67.0 cm³/mol. The van der Waals surface area contributed by atoms with Crippen molar-refractivity contribution in [2.75, 3.05) is 5.75 Å². The van der Waals surface area contributed by atoms with Crippen molar-refractivity contribution in [3.05, 3.63) is 40.8 Å². The Morgan fingerprint density at radius 2 is 2.17 bits per heavy atom. The molecule has 0 saturated carbocycles. The molecule has 1 aromatic rings. The topological polar surface area (TPSA) is 83.5 Å². The lowest BCUT2D eigenvalue weighted by atomic mass is 10.1. The summed E-state index contributed by atoms with van der Waals surface area (Å²) in [6, 6.07) is 4.15. The van der Waals surface area contributed by atoms with Crippen molar-refractivity contribution in [2.24, 2.45) is 0 Å². The van der Waals surface area contributed by atoms with Gasteiger partial charge in [0.15, 0.2) is 9.84 Å². The van der Waals surface area contributed by atoms with Gasteiger partial charge in [0.2, 0.25) is 0 Å². The number of aryl methyl sites for hydroxylation is 1. The number of hydrogen-bond donors (Lipinski definition) is 2. The van der Waals surface area contributed by atoms with Crippen molar-refractivity contribution < 1.29 is 18.3 Å². The van der Waals surface area contributed by atoms with Crippen LogP contribution in [0.25, 0.3) is 0 Å². The van der Waals surface area contributed by atoms with Crippen LogP contribution in [0.4, 0.5) is 0 Å². The molecule has 1 amide bonds. The second-order valence-corrected chi connectivity index (χ2v) is 6.19. The number of rotatable bonds is 2. The lowest BCUT2D eigenvalue weighted by molar-refractivity contribution is 0.0945. The maximum absolute atomic E-state index is 11.8. The fourth-order valence-electron chi connectivity index (χ4n) is 1.75. The lowest BCUT2D eigenvalue weighted by Gasteiger charge is -2.11. The van der Waals surface area contributed by atoms with Crippen LogP contribution in [0.15, 0.2) is 29.7 Å². The summed E-state index contributed by atoms with van der Waals surface area (Å²) >= 11 is 0. The third-order valence-corrected chi connectivity index (χ3v) is 4.04. The number of nitrogens with one attached hydrogen (secondary N) is 1. The standard InChI is InChI=1S/C12H13NO4S/c1-8-2-3-10(11(14)6-8)12(15)13-9-4-5-18(16,17)7-9/h2-6,9,14H,7H2,1H3,(H,13,15). The third-order valence-electron chi connectivity index (χ3n) is 2.64. The zero-order valence-electron chi connectivity index (χ0n) is 9.75. The van der Waals surface area contributed by atoms with E-state index in [2.05, 4.69) is 5.32 Å². The fourth-order valence-corrected chi connectivity index (χ4v) is 2.98. The van der Waals surface area contributed by atoms with Crippen LogP contribution in [0.1, 0.15) is 15.9 Å². The molecule has 0 fully saturated rings. The number of sulfone groups is 1. The molecule has 0 aliphatic carbocycles. The van der Waals surface area contributed by atoms with E-state index in [-0.39, 0.29) is 17.1 Å². The maximum atomic E-state index is 11.8. The van der Waals surface area contributed by atoms with E-state index in [1.54, 1.807) is 13.0 Å². The Bertz CT molecular complexity index is 619. The van der Waals surface area contributed by atoms with Gasteiger partial charge in [-0.1, -0.05) is 6.07 Å². The van der Waals surface area contributed by atoms with Crippen molar-refractivity contribution in [2.45, 2.75) is 13.0 Å². The first kappa shape index (κ1) is 12.6. The summed E-state index contributed by atoms with van der Waals surface area (Å²) in [6.45, 7) is 1.80. The van der Waals surface area contributed by atoms with Gasteiger partial charge in [-0.2, -0.15) is 0 Å². The summed E-state index contributed by atoms with van der Waals surface area (Å²) in [5.74, 6) is -0.734. The Labute approximate surface area is 105 Å². The smallest absolute Gasteiger partial charge is 0.255 e. The molecule has 0 saturated heterocycles. The van der Waals surface area contributed by atoms with Crippen molar-refractivity contribution >= 4 is 15.7 Å². The number of aromatic hydroxyl groups is 1. The van der Waals surface area contributed by atoms with Crippen LogP contribution >= 0.6 is 0 Å². The number of hydrogen-bond acceptors (Lipinski definition) is 4. The van der Waals surface area contributed by atoms with Crippen LogP contribution in [0.2, 0.25) is 0 Å². The Morgan fingerprint density at radius 3 is 2.72 bits per heavy atom. The zero-order valence-corrected chi connectivity index (χ0v) is 10.6. The monoisotopic (exact) mass is 267 g/mol. The average Bonchev–Trinajstić information content (AvgIpc) is 2.57. The van der Waals surface area contributed by atoms with Gasteiger partial charge < -0.3 is 10.4 Å². The second-order valence-electron chi connectivity index (χ2n) is 4.26. The van der Waals surface area contributed by atoms with Crippen molar-refractivity contribution in [1.82, 2.24) is 5.32 Å². The van der Waals surface area contributed by atoms with Crippen LogP contribution in [0, 0.1) is 6.92 Å². The van der Waals surface area contributed by atoms with E-state index in [9.17, 15) is 18.3 Å². The largest absolute Gasteiger partial charge is 0.507 e. The molecule has 1 unspecified atom stereocenters. The fraction of sp³-hybridized carbons (Fsp3) is 0.250. The molecule has 18 heavy (non-hydrogen) atoms. The highest BCUT2D eigenvalue weighted by Crippen LogP contribution is 2.19. The van der Waals surface area contributed by atoms with Crippen LogP contribution in [0.3, 0.4) is 0 Å². The van der Waals surface area contributed by atoms with Crippen molar-refractivity contribution in [1.29, 1.82) is 0 Å². The molecule has 1 heterocycles. The summed E-state index contributed by atoms with van der Waals surface area (Å²) in [5.41, 5.74) is 0.977. The molecule has 0 bridgehead atoms. The molecule has 96 valence electrons. The number of carbonyl (C=O) groups excluding carboxylic acids is 1. The number of benzene rings is 1. The van der Waals surface area contributed by atoms with Gasteiger partial charge in [-0.15, -0.1) is 0 Å². The Morgan fingerprint density at radius 1 is 1.44 bits per heavy atom. The van der Waals surface area contributed by atoms with E-state index in [0.29, 0.717) is 0 Å². The van der Waals surface area contributed by atoms with Gasteiger partial charge in [0, 0.05) is 5.41 Å². The summed E-state index contributed by atoms with van der Waals surface area (Å²) in [5, 5.41) is 13.3. The number of carbonyl (C=O) groups is 1. The highest BCUT2D eigenvalue weighted by Gasteiger charge is 2.24. The minimum Gasteiger partial charge on any atom is -0.507 e. The molecule has 0 aromatic heterocycles. The minimum absolute atomic E-state index is 0.114. The number of phenols is 1. The molecular weight excluding hydrogens is 254 g/mol. The second kappa shape index (κ2) is 4.45. The summed E-state index contributed by atoms with van der Waals surface area (Å²) in [4.78, 5) is 11.8. The summed E-state index contributed by atoms with van der Waals surface area (Å²) in [7, 11) is -3.20. The van der Waals surface area contributed by atoms with E-state index < -0.39 is 21.8 Å². The van der Waals surface area contributed by atoms with Gasteiger partial charge in [0.1, 0.15) is 5.75 Å². The first-order valence-electron chi connectivity index (χ1n) is 5.39. The highest BCUT2D eigenvalue weighted by molar-refractivity contribution is 7.94. The molecule has 2 N–H and O–H groups in total. The van der Waals surface area contributed by atoms with E-state index in [0.717, 1.165) is 11.0 Å². The van der Waals surface area contributed by atoms with Gasteiger partial charge in [-0.25, -0.2) is 8.42 Å². The average molecular weight is 267 g/mol. The Balaban J connectivity index is 2.12. The lowest BCUT2D eigenvalue weighted by Crippen LogP contribution is -2.35. The molecule has 1 aliphatic heterocycles. The van der Waals surface area contributed by atoms with E-state index >= 15 is 0 Å². The molecule has 0 radical (unpaired) electrons. The van der Waals surface area contributed by atoms with Gasteiger partial charge >= 0.3 is 0 Å². The molecule has 0 spiro atoms. The van der Waals surface area contributed by atoms with Crippen LogP contribution in [0.5, 0.6) is 5.75 Å². The van der Waals surface area contributed by atoms with Gasteiger partial charge in [-0.3, -0.25) is 4.79 Å². The molecule has 1 aromatic carbocycles. The summed E-state index contributed by atoms with van der Waals surface area (Å²) < 4.78 is 22.4. The van der Waals surface area contributed by atoms with Gasteiger partial charge in [-0.05, 0) is 30.7 Å². The van der Waals surface area contributed by atoms with Gasteiger partial charge in [0.25, 0.3) is 5.91 Å². The number of amides is 1. The molecule has 2 rings (SSSR count). The highest BCUT2D eigenvalue weighted by atomic mass is 32.2. The molecule has 1 aliphatic rings. The van der Waals surface area contributed by atoms with Crippen LogP contribution in [-0.4, -0.2) is 31.2 Å².